The highest BCUT2D eigenvalue weighted by Gasteiger charge is 2.23. The van der Waals surface area contributed by atoms with Gasteiger partial charge in [-0.15, -0.1) is 0 Å². The molecule has 0 aromatic heterocycles. The molecule has 1 aliphatic rings. The molecule has 0 fully saturated rings. The first-order valence-corrected chi connectivity index (χ1v) is 5.47. The van der Waals surface area contributed by atoms with Crippen molar-refractivity contribution in [1.82, 2.24) is 0 Å². The Balaban J connectivity index is 2.35. The van der Waals surface area contributed by atoms with Crippen LogP contribution in [0.1, 0.15) is 23.2 Å². The summed E-state index contributed by atoms with van der Waals surface area (Å²) in [7, 11) is 0. The van der Waals surface area contributed by atoms with E-state index >= 15 is 0 Å². The highest BCUT2D eigenvalue weighted by Crippen LogP contribution is 2.17. The first-order valence-electron chi connectivity index (χ1n) is 5.06. The number of ketones is 2. The zero-order valence-corrected chi connectivity index (χ0v) is 9.42. The molecule has 0 amide bonds. The highest BCUT2D eigenvalue weighted by atomic mass is 32.1. The summed E-state index contributed by atoms with van der Waals surface area (Å²) in [6, 6.07) is 8.79. The predicted molar refractivity (Wildman–Crippen MR) is 65.7 cm³/mol. The number of benzene rings is 1. The molecule has 16 heavy (non-hydrogen) atoms. The van der Waals surface area contributed by atoms with E-state index in [1.807, 2.05) is 6.07 Å². The molecule has 0 N–H and O–H groups in total. The smallest absolute Gasteiger partial charge is 0.196 e. The van der Waals surface area contributed by atoms with E-state index in [0.717, 1.165) is 0 Å². The van der Waals surface area contributed by atoms with Crippen molar-refractivity contribution in [2.75, 3.05) is 0 Å². The summed E-state index contributed by atoms with van der Waals surface area (Å²) in [6.07, 6.45) is 2.47. The highest BCUT2D eigenvalue weighted by molar-refractivity contribution is 7.80. The fraction of sp³-hybridized carbons (Fsp3) is 0.154. The van der Waals surface area contributed by atoms with Crippen LogP contribution in [0.5, 0.6) is 0 Å². The summed E-state index contributed by atoms with van der Waals surface area (Å²) in [5.41, 5.74) is 0.759. The van der Waals surface area contributed by atoms with Crippen molar-refractivity contribution in [2.45, 2.75) is 12.8 Å². The lowest BCUT2D eigenvalue weighted by molar-refractivity contribution is -0.115. The summed E-state index contributed by atoms with van der Waals surface area (Å²) in [4.78, 5) is 24.3. The van der Waals surface area contributed by atoms with Crippen LogP contribution in [0.2, 0.25) is 0 Å². The van der Waals surface area contributed by atoms with E-state index in [-0.39, 0.29) is 17.1 Å². The first kappa shape index (κ1) is 10.9. The Hall–Kier alpha value is -1.61. The van der Waals surface area contributed by atoms with E-state index in [2.05, 4.69) is 0 Å². The number of carbonyl (C=O) groups excluding carboxylic acids is 2. The molecule has 1 aromatic rings. The summed E-state index contributed by atoms with van der Waals surface area (Å²) in [6.45, 7) is 0. The summed E-state index contributed by atoms with van der Waals surface area (Å²) in [5, 5.41) is 0. The molecule has 0 saturated carbocycles. The first-order chi connectivity index (χ1) is 7.68. The van der Waals surface area contributed by atoms with Crippen molar-refractivity contribution in [3.8, 4) is 0 Å². The standard InChI is InChI=1S/C13H10O2S/c14-12-7-6-10(16)8-11(12)13(15)9-4-2-1-3-5-9/h1-5,8H,6-7H2. The second-order valence-electron chi connectivity index (χ2n) is 3.64. The molecule has 1 aromatic carbocycles. The van der Waals surface area contributed by atoms with Crippen LogP contribution in [-0.4, -0.2) is 16.4 Å². The van der Waals surface area contributed by atoms with Gasteiger partial charge in [0.25, 0.3) is 0 Å². The van der Waals surface area contributed by atoms with Gasteiger partial charge in [-0.05, 0) is 12.5 Å². The summed E-state index contributed by atoms with van der Waals surface area (Å²) in [5.74, 6) is -0.338. The van der Waals surface area contributed by atoms with E-state index in [9.17, 15) is 9.59 Å². The largest absolute Gasteiger partial charge is 0.294 e. The van der Waals surface area contributed by atoms with Gasteiger partial charge in [0.05, 0.1) is 5.57 Å². The van der Waals surface area contributed by atoms with Crippen LogP contribution < -0.4 is 0 Å². The lowest BCUT2D eigenvalue weighted by atomic mass is 9.92. The molecule has 0 bridgehead atoms. The summed E-state index contributed by atoms with van der Waals surface area (Å²) >= 11 is 5.02. The number of rotatable bonds is 2. The Morgan fingerprint density at radius 3 is 2.50 bits per heavy atom. The van der Waals surface area contributed by atoms with Crippen molar-refractivity contribution in [3.05, 3.63) is 47.5 Å². The van der Waals surface area contributed by atoms with Gasteiger partial charge in [0.2, 0.25) is 0 Å². The molecule has 2 nitrogen and oxygen atoms in total. The lowest BCUT2D eigenvalue weighted by Gasteiger charge is -2.11. The van der Waals surface area contributed by atoms with Crippen LogP contribution in [0, 0.1) is 0 Å². The minimum absolute atomic E-state index is 0.109. The number of carbonyl (C=O) groups is 2. The van der Waals surface area contributed by atoms with Crippen LogP contribution in [0.3, 0.4) is 0 Å². The van der Waals surface area contributed by atoms with Gasteiger partial charge in [-0.3, -0.25) is 9.59 Å². The maximum absolute atomic E-state index is 12.0. The zero-order chi connectivity index (χ0) is 11.5. The molecule has 0 saturated heterocycles. The number of hydrogen-bond acceptors (Lipinski definition) is 3. The number of allylic oxidation sites excluding steroid dienone is 2. The normalized spacial score (nSPS) is 15.9. The molecule has 0 radical (unpaired) electrons. The van der Waals surface area contributed by atoms with Crippen LogP contribution in [0.15, 0.2) is 42.0 Å². The van der Waals surface area contributed by atoms with E-state index in [4.69, 9.17) is 12.2 Å². The molecule has 0 atom stereocenters. The minimum atomic E-state index is -0.229. The molecule has 1 aliphatic carbocycles. The second-order valence-corrected chi connectivity index (χ2v) is 4.17. The van der Waals surface area contributed by atoms with Gasteiger partial charge in [0, 0.05) is 16.8 Å². The SMILES string of the molecule is O=C1CCC(=S)C=C1C(=O)c1ccccc1. The van der Waals surface area contributed by atoms with Gasteiger partial charge < -0.3 is 0 Å². The lowest BCUT2D eigenvalue weighted by Crippen LogP contribution is -2.19. The third-order valence-corrected chi connectivity index (χ3v) is 2.81. The van der Waals surface area contributed by atoms with Crippen LogP contribution >= 0.6 is 12.2 Å². The van der Waals surface area contributed by atoms with Gasteiger partial charge in [0.15, 0.2) is 11.6 Å². The van der Waals surface area contributed by atoms with Crippen LogP contribution in [0.25, 0.3) is 0 Å². The van der Waals surface area contributed by atoms with Crippen molar-refractivity contribution < 1.29 is 9.59 Å². The zero-order valence-electron chi connectivity index (χ0n) is 8.60. The molecule has 0 heterocycles. The average Bonchev–Trinajstić information content (AvgIpc) is 2.32. The van der Waals surface area contributed by atoms with E-state index in [0.29, 0.717) is 23.3 Å². The third-order valence-electron chi connectivity index (χ3n) is 2.48. The second kappa shape index (κ2) is 4.49. The van der Waals surface area contributed by atoms with E-state index < -0.39 is 0 Å². The van der Waals surface area contributed by atoms with Crippen molar-refractivity contribution in [1.29, 1.82) is 0 Å². The fourth-order valence-electron chi connectivity index (χ4n) is 1.62. The fourth-order valence-corrected chi connectivity index (χ4v) is 1.84. The van der Waals surface area contributed by atoms with E-state index in [1.54, 1.807) is 24.3 Å². The van der Waals surface area contributed by atoms with Crippen molar-refractivity contribution in [2.24, 2.45) is 0 Å². The monoisotopic (exact) mass is 230 g/mol. The Bertz CT molecular complexity index is 486. The molecule has 0 aliphatic heterocycles. The topological polar surface area (TPSA) is 34.1 Å². The Labute approximate surface area is 99.0 Å². The molecular weight excluding hydrogens is 220 g/mol. The van der Waals surface area contributed by atoms with Gasteiger partial charge in [-0.1, -0.05) is 42.5 Å². The van der Waals surface area contributed by atoms with Crippen molar-refractivity contribution >= 4 is 28.6 Å². The molecule has 2 rings (SSSR count). The average molecular weight is 230 g/mol. The molecule has 0 spiro atoms. The quantitative estimate of drug-likeness (QED) is 0.445. The molecule has 80 valence electrons. The summed E-state index contributed by atoms with van der Waals surface area (Å²) < 4.78 is 0. The third kappa shape index (κ3) is 2.14. The Morgan fingerprint density at radius 2 is 1.81 bits per heavy atom. The maximum atomic E-state index is 12.0. The molecular formula is C13H10O2S. The Morgan fingerprint density at radius 1 is 1.12 bits per heavy atom. The van der Waals surface area contributed by atoms with Gasteiger partial charge in [-0.2, -0.15) is 0 Å². The van der Waals surface area contributed by atoms with Gasteiger partial charge in [-0.25, -0.2) is 0 Å². The molecule has 3 heteroatoms. The van der Waals surface area contributed by atoms with Crippen LogP contribution in [0.4, 0.5) is 0 Å². The van der Waals surface area contributed by atoms with Gasteiger partial charge >= 0.3 is 0 Å². The number of Topliss-reactive ketones (excluding diaryl/α,β-unsaturated/α-hetero) is 2. The number of thiocarbonyl (C=S) groups is 1. The maximum Gasteiger partial charge on any atom is 0.196 e. The van der Waals surface area contributed by atoms with E-state index in [1.165, 1.54) is 6.08 Å². The minimum Gasteiger partial charge on any atom is -0.294 e. The van der Waals surface area contributed by atoms with Crippen molar-refractivity contribution in [3.63, 3.8) is 0 Å². The van der Waals surface area contributed by atoms with Gasteiger partial charge in [0.1, 0.15) is 0 Å². The Kier molecular flexibility index (Phi) is 3.06. The molecule has 0 unspecified atom stereocenters. The number of hydrogen-bond donors (Lipinski definition) is 0. The van der Waals surface area contributed by atoms with Crippen LogP contribution in [-0.2, 0) is 4.79 Å². The predicted octanol–water partition coefficient (Wildman–Crippen LogP) is 2.53.